The van der Waals surface area contributed by atoms with Crippen molar-refractivity contribution in [3.05, 3.63) is 34.6 Å². The van der Waals surface area contributed by atoms with Gasteiger partial charge in [-0.25, -0.2) is 4.39 Å². The van der Waals surface area contributed by atoms with E-state index >= 15 is 0 Å². The summed E-state index contributed by atoms with van der Waals surface area (Å²) in [6.45, 7) is 1.96. The summed E-state index contributed by atoms with van der Waals surface area (Å²) in [5.74, 6) is -0.402. The van der Waals surface area contributed by atoms with Crippen LogP contribution in [-0.4, -0.2) is 37.6 Å². The van der Waals surface area contributed by atoms with Crippen LogP contribution in [0.15, 0.2) is 18.2 Å². The molecule has 0 bridgehead atoms. The van der Waals surface area contributed by atoms with Crippen LogP contribution in [0.1, 0.15) is 23.2 Å². The summed E-state index contributed by atoms with van der Waals surface area (Å²) in [6, 6.07) is 4.30. The number of rotatable bonds is 3. The fourth-order valence-corrected chi connectivity index (χ4v) is 2.64. The number of benzene rings is 1. The lowest BCUT2D eigenvalue weighted by Crippen LogP contribution is -2.39. The van der Waals surface area contributed by atoms with E-state index in [1.807, 2.05) is 0 Å². The second kappa shape index (κ2) is 6.35. The molecule has 0 aromatic heterocycles. The zero-order valence-electron chi connectivity index (χ0n) is 10.9. The van der Waals surface area contributed by atoms with Crippen LogP contribution >= 0.6 is 11.6 Å². The summed E-state index contributed by atoms with van der Waals surface area (Å²) in [7, 11) is 1.68. The Kier molecular flexibility index (Phi) is 4.77. The highest BCUT2D eigenvalue weighted by atomic mass is 35.5. The Bertz CT molecular complexity index is 439. The van der Waals surface area contributed by atoms with Gasteiger partial charge in [0.15, 0.2) is 0 Å². The molecular weight excluding hydrogens is 269 g/mol. The van der Waals surface area contributed by atoms with E-state index in [1.54, 1.807) is 12.0 Å². The number of hydrogen-bond donors (Lipinski definition) is 0. The number of piperidine rings is 1. The number of methoxy groups -OCH3 is 1. The van der Waals surface area contributed by atoms with Crippen LogP contribution in [0, 0.1) is 11.7 Å². The summed E-state index contributed by atoms with van der Waals surface area (Å²) in [6.07, 6.45) is 1.76. The van der Waals surface area contributed by atoms with Crippen molar-refractivity contribution in [2.45, 2.75) is 12.8 Å². The van der Waals surface area contributed by atoms with Crippen LogP contribution in [0.5, 0.6) is 0 Å². The van der Waals surface area contributed by atoms with E-state index in [0.29, 0.717) is 25.6 Å². The highest BCUT2D eigenvalue weighted by Crippen LogP contribution is 2.24. The summed E-state index contributed by atoms with van der Waals surface area (Å²) in [5.41, 5.74) is -0.0191. The first-order valence-electron chi connectivity index (χ1n) is 6.35. The largest absolute Gasteiger partial charge is 0.384 e. The van der Waals surface area contributed by atoms with Crippen LogP contribution < -0.4 is 0 Å². The van der Waals surface area contributed by atoms with Gasteiger partial charge >= 0.3 is 0 Å². The predicted molar refractivity (Wildman–Crippen MR) is 71.9 cm³/mol. The van der Waals surface area contributed by atoms with E-state index in [9.17, 15) is 9.18 Å². The van der Waals surface area contributed by atoms with Gasteiger partial charge in [0.25, 0.3) is 5.91 Å². The molecule has 1 amide bonds. The van der Waals surface area contributed by atoms with Gasteiger partial charge in [0.1, 0.15) is 5.82 Å². The molecular formula is C14H17ClFNO2. The standard InChI is InChI=1S/C14H17ClFNO2/c1-19-9-10-5-7-17(8-6-10)14(18)13-11(15)3-2-4-12(13)16/h2-4,10H,5-9H2,1H3. The van der Waals surface area contributed by atoms with Gasteiger partial charge < -0.3 is 9.64 Å². The Morgan fingerprint density at radius 1 is 1.47 bits per heavy atom. The molecule has 0 radical (unpaired) electrons. The van der Waals surface area contributed by atoms with Crippen LogP contribution in [0.25, 0.3) is 0 Å². The van der Waals surface area contributed by atoms with Crippen molar-refractivity contribution in [2.75, 3.05) is 26.8 Å². The van der Waals surface area contributed by atoms with Gasteiger partial charge in [-0.3, -0.25) is 4.79 Å². The number of amides is 1. The average molecular weight is 286 g/mol. The molecule has 1 saturated heterocycles. The van der Waals surface area contributed by atoms with Crippen molar-refractivity contribution in [3.8, 4) is 0 Å². The maximum atomic E-state index is 13.7. The third kappa shape index (κ3) is 3.25. The van der Waals surface area contributed by atoms with E-state index in [1.165, 1.54) is 18.2 Å². The molecule has 3 nitrogen and oxygen atoms in total. The van der Waals surface area contributed by atoms with Crippen LogP contribution in [-0.2, 0) is 4.74 Å². The molecule has 0 saturated carbocycles. The fourth-order valence-electron chi connectivity index (χ4n) is 2.40. The monoisotopic (exact) mass is 285 g/mol. The van der Waals surface area contributed by atoms with Gasteiger partial charge in [0.05, 0.1) is 10.6 Å². The van der Waals surface area contributed by atoms with Gasteiger partial charge in [-0.1, -0.05) is 17.7 Å². The number of nitrogens with zero attached hydrogens (tertiary/aromatic N) is 1. The minimum atomic E-state index is -0.559. The summed E-state index contributed by atoms with van der Waals surface area (Å²) >= 11 is 5.91. The minimum absolute atomic E-state index is 0.0191. The van der Waals surface area contributed by atoms with Gasteiger partial charge in [0, 0.05) is 26.8 Å². The Hall–Kier alpha value is -1.13. The predicted octanol–water partition coefficient (Wildman–Crippen LogP) is 2.98. The smallest absolute Gasteiger partial charge is 0.258 e. The van der Waals surface area contributed by atoms with Crippen molar-refractivity contribution >= 4 is 17.5 Å². The SMILES string of the molecule is COCC1CCN(C(=O)c2c(F)cccc2Cl)CC1. The van der Waals surface area contributed by atoms with E-state index in [0.717, 1.165) is 12.8 Å². The number of likely N-dealkylation sites (tertiary alicyclic amines) is 1. The molecule has 0 aliphatic carbocycles. The number of carbonyl (C=O) groups excluding carboxylic acids is 1. The van der Waals surface area contributed by atoms with E-state index in [-0.39, 0.29) is 16.5 Å². The molecule has 5 heteroatoms. The molecule has 0 atom stereocenters. The van der Waals surface area contributed by atoms with Crippen LogP contribution in [0.3, 0.4) is 0 Å². The number of hydrogen-bond acceptors (Lipinski definition) is 2. The molecule has 0 unspecified atom stereocenters. The maximum absolute atomic E-state index is 13.7. The van der Waals surface area contributed by atoms with Crippen molar-refractivity contribution in [1.82, 2.24) is 4.90 Å². The third-order valence-corrected chi connectivity index (χ3v) is 3.80. The van der Waals surface area contributed by atoms with Gasteiger partial charge in [-0.15, -0.1) is 0 Å². The Balaban J connectivity index is 2.05. The fraction of sp³-hybridized carbons (Fsp3) is 0.500. The van der Waals surface area contributed by atoms with Crippen molar-refractivity contribution in [3.63, 3.8) is 0 Å². The van der Waals surface area contributed by atoms with Crippen LogP contribution in [0.2, 0.25) is 5.02 Å². The van der Waals surface area contributed by atoms with E-state index in [4.69, 9.17) is 16.3 Å². The van der Waals surface area contributed by atoms with Gasteiger partial charge in [-0.05, 0) is 30.9 Å². The second-order valence-corrected chi connectivity index (χ2v) is 5.19. The summed E-state index contributed by atoms with van der Waals surface area (Å²) < 4.78 is 18.8. The molecule has 1 aliphatic rings. The number of ether oxygens (including phenoxy) is 1. The molecule has 0 N–H and O–H groups in total. The lowest BCUT2D eigenvalue weighted by molar-refractivity contribution is 0.0609. The molecule has 1 aromatic rings. The molecule has 1 heterocycles. The first-order chi connectivity index (χ1) is 9.13. The molecule has 1 aliphatic heterocycles. The minimum Gasteiger partial charge on any atom is -0.384 e. The quantitative estimate of drug-likeness (QED) is 0.854. The van der Waals surface area contributed by atoms with E-state index < -0.39 is 5.82 Å². The molecule has 1 aromatic carbocycles. The molecule has 1 fully saturated rings. The Morgan fingerprint density at radius 2 is 2.16 bits per heavy atom. The highest BCUT2D eigenvalue weighted by molar-refractivity contribution is 6.33. The zero-order valence-corrected chi connectivity index (χ0v) is 11.6. The molecule has 2 rings (SSSR count). The average Bonchev–Trinajstić information content (AvgIpc) is 2.39. The van der Waals surface area contributed by atoms with Crippen molar-refractivity contribution in [1.29, 1.82) is 0 Å². The summed E-state index contributed by atoms with van der Waals surface area (Å²) in [5, 5.41) is 0.170. The van der Waals surface area contributed by atoms with Crippen LogP contribution in [0.4, 0.5) is 4.39 Å². The highest BCUT2D eigenvalue weighted by Gasteiger charge is 2.26. The Labute approximate surface area is 117 Å². The first kappa shape index (κ1) is 14.3. The van der Waals surface area contributed by atoms with Crippen molar-refractivity contribution in [2.24, 2.45) is 5.92 Å². The molecule has 0 spiro atoms. The van der Waals surface area contributed by atoms with Crippen molar-refractivity contribution < 1.29 is 13.9 Å². The first-order valence-corrected chi connectivity index (χ1v) is 6.73. The van der Waals surface area contributed by atoms with Gasteiger partial charge in [-0.2, -0.15) is 0 Å². The van der Waals surface area contributed by atoms with Gasteiger partial charge in [0.2, 0.25) is 0 Å². The molecule has 104 valence electrons. The lowest BCUT2D eigenvalue weighted by atomic mass is 9.97. The number of halogens is 2. The summed E-state index contributed by atoms with van der Waals surface area (Å²) in [4.78, 5) is 13.9. The maximum Gasteiger partial charge on any atom is 0.258 e. The second-order valence-electron chi connectivity index (χ2n) is 4.79. The molecule has 19 heavy (non-hydrogen) atoms. The number of carbonyl (C=O) groups is 1. The normalized spacial score (nSPS) is 16.7. The topological polar surface area (TPSA) is 29.5 Å². The lowest BCUT2D eigenvalue weighted by Gasteiger charge is -2.32. The van der Waals surface area contributed by atoms with E-state index in [2.05, 4.69) is 0 Å². The zero-order chi connectivity index (χ0) is 13.8. The Morgan fingerprint density at radius 3 is 2.74 bits per heavy atom. The third-order valence-electron chi connectivity index (χ3n) is 3.48.